The molecule has 1 heterocycles. The Kier molecular flexibility index (Phi) is 8.23. The van der Waals surface area contributed by atoms with Crippen molar-refractivity contribution in [1.29, 1.82) is 0 Å². The van der Waals surface area contributed by atoms with Crippen LogP contribution in [0.2, 0.25) is 0 Å². The second-order valence-electron chi connectivity index (χ2n) is 17.9. The smallest absolute Gasteiger partial charge is 0.143 e. The van der Waals surface area contributed by atoms with E-state index in [0.717, 1.165) is 61.3 Å². The first kappa shape index (κ1) is 37.6. The molecule has 2 aliphatic carbocycles. The summed E-state index contributed by atoms with van der Waals surface area (Å²) < 4.78 is 6.53. The highest BCUT2D eigenvalue weighted by molar-refractivity contribution is 6.10. The normalized spacial score (nSPS) is 14.3. The van der Waals surface area contributed by atoms with Crippen LogP contribution in [0.5, 0.6) is 0 Å². The van der Waals surface area contributed by atoms with Crippen LogP contribution in [-0.2, 0) is 5.41 Å². The van der Waals surface area contributed by atoms with Crippen molar-refractivity contribution in [3.8, 4) is 55.6 Å². The topological polar surface area (TPSA) is 16.4 Å². The average molecular weight is 852 g/mol. The molecule has 0 amide bonds. The van der Waals surface area contributed by atoms with Crippen molar-refractivity contribution in [2.75, 3.05) is 4.90 Å². The van der Waals surface area contributed by atoms with Gasteiger partial charge in [-0.15, -0.1) is 0 Å². The number of anilines is 3. The van der Waals surface area contributed by atoms with E-state index >= 15 is 0 Å². The van der Waals surface area contributed by atoms with Gasteiger partial charge in [0, 0.05) is 33.3 Å². The monoisotopic (exact) mass is 851 g/mol. The predicted molar refractivity (Wildman–Crippen MR) is 279 cm³/mol. The number of furan rings is 1. The summed E-state index contributed by atoms with van der Waals surface area (Å²) >= 11 is 0. The Bertz CT molecular complexity index is 3940. The first-order valence-corrected chi connectivity index (χ1v) is 23.2. The third-order valence-corrected chi connectivity index (χ3v) is 14.5. The summed E-state index contributed by atoms with van der Waals surface area (Å²) in [7, 11) is 0. The number of rotatable bonds is 5. The molecule has 0 N–H and O–H groups in total. The van der Waals surface area contributed by atoms with Gasteiger partial charge in [-0.3, -0.25) is 0 Å². The number of hydrogen-bond donors (Lipinski definition) is 0. The maximum absolute atomic E-state index is 6.53. The fourth-order valence-electron chi connectivity index (χ4n) is 11.6. The van der Waals surface area contributed by atoms with E-state index in [2.05, 4.69) is 248 Å². The molecule has 1 atom stereocenters. The predicted octanol–water partition coefficient (Wildman–Crippen LogP) is 17.6. The molecule has 0 radical (unpaired) electrons. The first-order chi connectivity index (χ1) is 33.2. The van der Waals surface area contributed by atoms with Crippen LogP contribution < -0.4 is 4.90 Å². The summed E-state index contributed by atoms with van der Waals surface area (Å²) in [6.45, 7) is 0. The van der Waals surface area contributed by atoms with E-state index in [-0.39, 0.29) is 0 Å². The Morgan fingerprint density at radius 2 is 0.821 bits per heavy atom. The minimum absolute atomic E-state index is 0.592. The van der Waals surface area contributed by atoms with Crippen molar-refractivity contribution in [1.82, 2.24) is 0 Å². The van der Waals surface area contributed by atoms with Gasteiger partial charge >= 0.3 is 0 Å². The van der Waals surface area contributed by atoms with Crippen LogP contribution >= 0.6 is 0 Å². The molecule has 0 fully saturated rings. The van der Waals surface area contributed by atoms with Crippen molar-refractivity contribution in [3.63, 3.8) is 0 Å². The second kappa shape index (κ2) is 14.7. The lowest BCUT2D eigenvalue weighted by atomic mass is 9.65. The number of benzene rings is 11. The van der Waals surface area contributed by atoms with Gasteiger partial charge in [0.25, 0.3) is 0 Å². The van der Waals surface area contributed by atoms with Gasteiger partial charge in [0.2, 0.25) is 0 Å². The van der Waals surface area contributed by atoms with Crippen molar-refractivity contribution in [2.45, 2.75) is 5.41 Å². The summed E-state index contributed by atoms with van der Waals surface area (Å²) in [4.78, 5) is 2.45. The van der Waals surface area contributed by atoms with Gasteiger partial charge in [-0.1, -0.05) is 200 Å². The van der Waals surface area contributed by atoms with Gasteiger partial charge in [0.15, 0.2) is 0 Å². The lowest BCUT2D eigenvalue weighted by Crippen LogP contribution is -2.29. The molecule has 0 aliphatic heterocycles. The minimum Gasteiger partial charge on any atom is -0.455 e. The quantitative estimate of drug-likeness (QED) is 0.172. The molecule has 12 aromatic rings. The Morgan fingerprint density at radius 1 is 0.299 bits per heavy atom. The van der Waals surface area contributed by atoms with E-state index in [1.165, 1.54) is 66.4 Å². The number of nitrogens with zero attached hydrogens (tertiary/aromatic N) is 1. The molecule has 1 spiro atoms. The third kappa shape index (κ3) is 5.51. The first-order valence-electron chi connectivity index (χ1n) is 23.2. The summed E-state index contributed by atoms with van der Waals surface area (Å²) in [6, 6.07) is 91.7. The Balaban J connectivity index is 1.03. The SMILES string of the molecule is c1ccc(-c2ccccc2N(c2ccc(-c3cccc4c3oc3ccccc34)cc2)c2ccc3c(c2)-c2ccccc2-c2ccccc2C32c3ccccc3-c3cc4ccccc4cc32)cc1. The van der Waals surface area contributed by atoms with Gasteiger partial charge in [0.05, 0.1) is 11.1 Å². The maximum atomic E-state index is 6.53. The van der Waals surface area contributed by atoms with Gasteiger partial charge in [-0.25, -0.2) is 0 Å². The molecular weight excluding hydrogens is 811 g/mol. The highest BCUT2D eigenvalue weighted by Crippen LogP contribution is 2.62. The number of fused-ring (bicyclic) bond motifs is 16. The average Bonchev–Trinajstić information content (AvgIpc) is 3.89. The van der Waals surface area contributed by atoms with E-state index in [4.69, 9.17) is 4.42 Å². The fraction of sp³-hybridized carbons (Fsp3) is 0.0154. The third-order valence-electron chi connectivity index (χ3n) is 14.5. The van der Waals surface area contributed by atoms with Crippen molar-refractivity contribution >= 4 is 49.8 Å². The molecule has 0 saturated heterocycles. The lowest BCUT2D eigenvalue weighted by molar-refractivity contribution is 0.670. The zero-order valence-electron chi connectivity index (χ0n) is 36.5. The molecule has 14 rings (SSSR count). The van der Waals surface area contributed by atoms with Crippen LogP contribution in [0.25, 0.3) is 88.3 Å². The number of para-hydroxylation sites is 3. The Labute approximate surface area is 389 Å². The van der Waals surface area contributed by atoms with Gasteiger partial charge in [-0.05, 0) is 126 Å². The van der Waals surface area contributed by atoms with Gasteiger partial charge in [0.1, 0.15) is 11.2 Å². The van der Waals surface area contributed by atoms with Crippen molar-refractivity contribution < 1.29 is 4.42 Å². The summed E-state index contributed by atoms with van der Waals surface area (Å²) in [5, 5.41) is 4.75. The summed E-state index contributed by atoms with van der Waals surface area (Å²) in [5.41, 5.74) is 21.7. The molecule has 0 saturated carbocycles. The number of hydrogen-bond acceptors (Lipinski definition) is 2. The fourth-order valence-corrected chi connectivity index (χ4v) is 11.6. The van der Waals surface area contributed by atoms with Crippen molar-refractivity contribution in [2.24, 2.45) is 0 Å². The zero-order valence-corrected chi connectivity index (χ0v) is 36.5. The van der Waals surface area contributed by atoms with Gasteiger partial charge in [-0.2, -0.15) is 0 Å². The minimum atomic E-state index is -0.592. The largest absolute Gasteiger partial charge is 0.455 e. The molecule has 11 aromatic carbocycles. The van der Waals surface area contributed by atoms with Crippen LogP contribution in [0.1, 0.15) is 22.3 Å². The van der Waals surface area contributed by atoms with E-state index in [9.17, 15) is 0 Å². The highest BCUT2D eigenvalue weighted by Gasteiger charge is 2.50. The molecule has 0 bridgehead atoms. The molecule has 312 valence electrons. The van der Waals surface area contributed by atoms with Crippen LogP contribution in [-0.4, -0.2) is 0 Å². The molecule has 2 aliphatic rings. The molecule has 2 heteroatoms. The Morgan fingerprint density at radius 3 is 1.60 bits per heavy atom. The van der Waals surface area contributed by atoms with E-state index in [0.29, 0.717) is 0 Å². The maximum Gasteiger partial charge on any atom is 0.143 e. The summed E-state index contributed by atoms with van der Waals surface area (Å²) in [5.74, 6) is 0. The Hall–Kier alpha value is -8.72. The standard InChI is InChI=1S/C65H41NO/c1-2-17-42(18-3-1)48-21-10-14-31-62(48)66(46-35-33-43(34-36-46)49-27-16-28-55-54-26-11-15-32-63(54)67-64(49)55)47-37-38-60-57(41-47)51-23-7-6-22-50(51)52-24-8-12-29-58(52)65(60)59-30-13-9-25-53(59)56-39-44-19-4-5-20-45(44)40-61(56)65/h1-41H. The molecule has 67 heavy (non-hydrogen) atoms. The molecular formula is C65H41NO. The van der Waals surface area contributed by atoms with Crippen LogP contribution in [0, 0.1) is 0 Å². The van der Waals surface area contributed by atoms with E-state index < -0.39 is 5.41 Å². The van der Waals surface area contributed by atoms with Crippen molar-refractivity contribution in [3.05, 3.63) is 271 Å². The van der Waals surface area contributed by atoms with E-state index in [1.807, 2.05) is 6.07 Å². The van der Waals surface area contributed by atoms with Crippen LogP contribution in [0.3, 0.4) is 0 Å². The molecule has 2 nitrogen and oxygen atoms in total. The summed E-state index contributed by atoms with van der Waals surface area (Å²) in [6.07, 6.45) is 0. The molecule has 1 unspecified atom stereocenters. The zero-order chi connectivity index (χ0) is 44.1. The molecule has 1 aromatic heterocycles. The lowest BCUT2D eigenvalue weighted by Gasteiger charge is -2.36. The van der Waals surface area contributed by atoms with E-state index in [1.54, 1.807) is 0 Å². The highest BCUT2D eigenvalue weighted by atomic mass is 16.3. The van der Waals surface area contributed by atoms with Crippen LogP contribution in [0.4, 0.5) is 17.1 Å². The second-order valence-corrected chi connectivity index (χ2v) is 17.9. The van der Waals surface area contributed by atoms with Gasteiger partial charge < -0.3 is 9.32 Å². The van der Waals surface area contributed by atoms with Crippen LogP contribution in [0.15, 0.2) is 253 Å².